The van der Waals surface area contributed by atoms with E-state index in [4.69, 9.17) is 14.2 Å². The van der Waals surface area contributed by atoms with E-state index >= 15 is 0 Å². The molecule has 4 heteroatoms. The van der Waals surface area contributed by atoms with Crippen LogP contribution in [-0.2, 0) is 6.54 Å². The van der Waals surface area contributed by atoms with Crippen LogP contribution in [0, 0.1) is 0 Å². The highest BCUT2D eigenvalue weighted by Crippen LogP contribution is 2.40. The van der Waals surface area contributed by atoms with Crippen molar-refractivity contribution in [3.8, 4) is 17.2 Å². The Labute approximate surface area is 102 Å². The highest BCUT2D eigenvalue weighted by atomic mass is 16.5. The zero-order valence-corrected chi connectivity index (χ0v) is 10.7. The van der Waals surface area contributed by atoms with Gasteiger partial charge < -0.3 is 14.2 Å². The second kappa shape index (κ2) is 5.27. The van der Waals surface area contributed by atoms with Crippen molar-refractivity contribution >= 4 is 0 Å². The SMILES string of the molecule is COc1ccc(CN2CCC2)c(OC)c1OC. The maximum absolute atomic E-state index is 5.45. The molecular formula is C13H19NO3. The summed E-state index contributed by atoms with van der Waals surface area (Å²) in [4.78, 5) is 2.38. The Morgan fingerprint density at radius 2 is 1.71 bits per heavy atom. The highest BCUT2D eigenvalue weighted by molar-refractivity contribution is 5.55. The number of ether oxygens (including phenoxy) is 3. The van der Waals surface area contributed by atoms with Gasteiger partial charge in [-0.25, -0.2) is 0 Å². The minimum absolute atomic E-state index is 0.674. The molecule has 0 saturated carbocycles. The summed E-state index contributed by atoms with van der Waals surface area (Å²) in [6.07, 6.45) is 1.29. The second-order valence-electron chi connectivity index (χ2n) is 4.12. The largest absolute Gasteiger partial charge is 0.493 e. The number of hydrogen-bond donors (Lipinski definition) is 0. The van der Waals surface area contributed by atoms with Crippen LogP contribution < -0.4 is 14.2 Å². The molecule has 1 aliphatic heterocycles. The van der Waals surface area contributed by atoms with Gasteiger partial charge in [0.1, 0.15) is 0 Å². The highest BCUT2D eigenvalue weighted by Gasteiger charge is 2.20. The summed E-state index contributed by atoms with van der Waals surface area (Å²) in [6, 6.07) is 3.97. The smallest absolute Gasteiger partial charge is 0.203 e. The van der Waals surface area contributed by atoms with Crippen molar-refractivity contribution in [3.63, 3.8) is 0 Å². The van der Waals surface area contributed by atoms with E-state index in [2.05, 4.69) is 4.90 Å². The number of hydrogen-bond acceptors (Lipinski definition) is 4. The molecule has 1 aromatic rings. The van der Waals surface area contributed by atoms with Gasteiger partial charge in [-0.2, -0.15) is 0 Å². The molecule has 1 heterocycles. The fourth-order valence-corrected chi connectivity index (χ4v) is 2.07. The van der Waals surface area contributed by atoms with Gasteiger partial charge in [0.25, 0.3) is 0 Å². The first-order chi connectivity index (χ1) is 8.30. The molecule has 0 amide bonds. The average Bonchev–Trinajstić information content (AvgIpc) is 2.32. The van der Waals surface area contributed by atoms with E-state index in [0.717, 1.165) is 30.9 Å². The van der Waals surface area contributed by atoms with Crippen LogP contribution in [0.15, 0.2) is 12.1 Å². The van der Waals surface area contributed by atoms with Gasteiger partial charge in [-0.3, -0.25) is 4.90 Å². The topological polar surface area (TPSA) is 30.9 Å². The van der Waals surface area contributed by atoms with Crippen LogP contribution in [0.4, 0.5) is 0 Å². The lowest BCUT2D eigenvalue weighted by molar-refractivity contribution is 0.170. The van der Waals surface area contributed by atoms with E-state index in [1.165, 1.54) is 6.42 Å². The Morgan fingerprint density at radius 3 is 2.18 bits per heavy atom. The van der Waals surface area contributed by atoms with Crippen LogP contribution >= 0.6 is 0 Å². The quantitative estimate of drug-likeness (QED) is 0.783. The third kappa shape index (κ3) is 2.31. The van der Waals surface area contributed by atoms with Crippen LogP contribution in [0.25, 0.3) is 0 Å². The Morgan fingerprint density at radius 1 is 1.00 bits per heavy atom. The van der Waals surface area contributed by atoms with Crippen LogP contribution in [0.1, 0.15) is 12.0 Å². The van der Waals surface area contributed by atoms with Gasteiger partial charge in [-0.1, -0.05) is 6.07 Å². The molecule has 17 heavy (non-hydrogen) atoms. The van der Waals surface area contributed by atoms with Crippen molar-refractivity contribution in [2.75, 3.05) is 34.4 Å². The molecule has 0 bridgehead atoms. The number of nitrogens with zero attached hydrogens (tertiary/aromatic N) is 1. The maximum atomic E-state index is 5.45. The molecule has 0 aromatic heterocycles. The fraction of sp³-hybridized carbons (Fsp3) is 0.538. The van der Waals surface area contributed by atoms with Gasteiger partial charge in [0, 0.05) is 12.1 Å². The Bertz CT molecular complexity index is 388. The third-order valence-electron chi connectivity index (χ3n) is 3.13. The van der Waals surface area contributed by atoms with Crippen molar-refractivity contribution in [1.82, 2.24) is 4.90 Å². The number of likely N-dealkylation sites (tertiary alicyclic amines) is 1. The fourth-order valence-electron chi connectivity index (χ4n) is 2.07. The third-order valence-corrected chi connectivity index (χ3v) is 3.13. The summed E-state index contributed by atoms with van der Waals surface area (Å²) in [5.41, 5.74) is 1.14. The molecule has 0 spiro atoms. The monoisotopic (exact) mass is 237 g/mol. The molecule has 0 N–H and O–H groups in total. The van der Waals surface area contributed by atoms with Crippen LogP contribution in [0.3, 0.4) is 0 Å². The number of benzene rings is 1. The Kier molecular flexibility index (Phi) is 3.74. The van der Waals surface area contributed by atoms with Crippen molar-refractivity contribution in [2.24, 2.45) is 0 Å². The van der Waals surface area contributed by atoms with E-state index in [1.807, 2.05) is 12.1 Å². The molecule has 0 atom stereocenters. The van der Waals surface area contributed by atoms with E-state index < -0.39 is 0 Å². The molecule has 1 fully saturated rings. The van der Waals surface area contributed by atoms with Crippen molar-refractivity contribution in [1.29, 1.82) is 0 Å². The molecule has 0 unspecified atom stereocenters. The van der Waals surface area contributed by atoms with Crippen molar-refractivity contribution < 1.29 is 14.2 Å². The van der Waals surface area contributed by atoms with Crippen LogP contribution in [0.2, 0.25) is 0 Å². The molecule has 94 valence electrons. The van der Waals surface area contributed by atoms with Gasteiger partial charge in [-0.15, -0.1) is 0 Å². The summed E-state index contributed by atoms with van der Waals surface area (Å²) in [7, 11) is 4.93. The molecule has 0 radical (unpaired) electrons. The Hall–Kier alpha value is -1.42. The summed E-state index contributed by atoms with van der Waals surface area (Å²) in [5.74, 6) is 2.16. The zero-order valence-electron chi connectivity index (χ0n) is 10.7. The summed E-state index contributed by atoms with van der Waals surface area (Å²) < 4.78 is 16.1. The lowest BCUT2D eigenvalue weighted by Gasteiger charge is -2.31. The summed E-state index contributed by atoms with van der Waals surface area (Å²) >= 11 is 0. The minimum Gasteiger partial charge on any atom is -0.493 e. The molecular weight excluding hydrogens is 218 g/mol. The second-order valence-corrected chi connectivity index (χ2v) is 4.12. The van der Waals surface area contributed by atoms with Crippen molar-refractivity contribution in [2.45, 2.75) is 13.0 Å². The Balaban J connectivity index is 2.30. The van der Waals surface area contributed by atoms with Gasteiger partial charge in [0.2, 0.25) is 5.75 Å². The lowest BCUT2D eigenvalue weighted by Crippen LogP contribution is -2.36. The van der Waals surface area contributed by atoms with E-state index in [1.54, 1.807) is 21.3 Å². The summed E-state index contributed by atoms with van der Waals surface area (Å²) in [6.45, 7) is 3.23. The molecule has 1 aromatic carbocycles. The average molecular weight is 237 g/mol. The van der Waals surface area contributed by atoms with E-state index in [9.17, 15) is 0 Å². The predicted octanol–water partition coefficient (Wildman–Crippen LogP) is 1.92. The van der Waals surface area contributed by atoms with E-state index in [0.29, 0.717) is 11.5 Å². The molecule has 1 aliphatic rings. The zero-order chi connectivity index (χ0) is 12.3. The van der Waals surface area contributed by atoms with Crippen LogP contribution in [0.5, 0.6) is 17.2 Å². The van der Waals surface area contributed by atoms with Gasteiger partial charge >= 0.3 is 0 Å². The summed E-state index contributed by atoms with van der Waals surface area (Å²) in [5, 5.41) is 0. The van der Waals surface area contributed by atoms with Gasteiger partial charge in [-0.05, 0) is 25.6 Å². The predicted molar refractivity (Wildman–Crippen MR) is 66.0 cm³/mol. The first-order valence-electron chi connectivity index (χ1n) is 5.80. The van der Waals surface area contributed by atoms with Gasteiger partial charge in [0.15, 0.2) is 11.5 Å². The number of methoxy groups -OCH3 is 3. The lowest BCUT2D eigenvalue weighted by atomic mass is 10.1. The van der Waals surface area contributed by atoms with Crippen LogP contribution in [-0.4, -0.2) is 39.3 Å². The first-order valence-corrected chi connectivity index (χ1v) is 5.80. The first kappa shape index (κ1) is 12.0. The molecule has 0 aliphatic carbocycles. The standard InChI is InChI=1S/C13H19NO3/c1-15-11-6-5-10(9-14-7-4-8-14)12(16-2)13(11)17-3/h5-6H,4,7-9H2,1-3H3. The molecule has 4 nitrogen and oxygen atoms in total. The molecule has 2 rings (SSSR count). The maximum Gasteiger partial charge on any atom is 0.203 e. The van der Waals surface area contributed by atoms with Crippen molar-refractivity contribution in [3.05, 3.63) is 17.7 Å². The minimum atomic E-state index is 0.674. The number of rotatable bonds is 5. The normalized spacial score (nSPS) is 15.2. The molecule has 1 saturated heterocycles. The van der Waals surface area contributed by atoms with Gasteiger partial charge in [0.05, 0.1) is 21.3 Å². The van der Waals surface area contributed by atoms with E-state index in [-0.39, 0.29) is 0 Å².